The lowest BCUT2D eigenvalue weighted by atomic mass is 10.1. The zero-order chi connectivity index (χ0) is 13.2. The van der Waals surface area contributed by atoms with Crippen molar-refractivity contribution in [3.05, 3.63) is 48.7 Å². The van der Waals surface area contributed by atoms with Crippen molar-refractivity contribution in [2.75, 3.05) is 12.0 Å². The molecule has 94 valence electrons. The molecule has 0 aliphatic carbocycles. The van der Waals surface area contributed by atoms with Crippen LogP contribution in [0, 0.1) is 0 Å². The highest BCUT2D eigenvalue weighted by Crippen LogP contribution is 2.24. The van der Waals surface area contributed by atoms with E-state index in [1.54, 1.807) is 17.8 Å². The number of nitrogens with two attached hydrogens (primary N) is 1. The summed E-state index contributed by atoms with van der Waals surface area (Å²) in [5, 5.41) is 1.00. The monoisotopic (exact) mass is 267 g/mol. The Morgan fingerprint density at radius 3 is 2.53 bits per heavy atom. The lowest BCUT2D eigenvalue weighted by molar-refractivity contribution is 1.29. The third kappa shape index (κ3) is 2.39. The lowest BCUT2D eigenvalue weighted by Crippen LogP contribution is -1.92. The van der Waals surface area contributed by atoms with Gasteiger partial charge in [0, 0.05) is 22.0 Å². The maximum Gasteiger partial charge on any atom is 0.161 e. The summed E-state index contributed by atoms with van der Waals surface area (Å²) in [4.78, 5) is 9.82. The molecule has 3 aromatic rings. The molecule has 0 saturated carbocycles. The Morgan fingerprint density at radius 2 is 1.79 bits per heavy atom. The number of fused-ring (bicyclic) bond motifs is 1. The minimum Gasteiger partial charge on any atom is -0.384 e. The summed E-state index contributed by atoms with van der Waals surface area (Å²) < 4.78 is 0. The first-order valence-electron chi connectivity index (χ1n) is 5.93. The van der Waals surface area contributed by atoms with Crippen LogP contribution in [-0.2, 0) is 0 Å². The average Bonchev–Trinajstić information content (AvgIpc) is 2.47. The Bertz CT molecular complexity index is 723. The van der Waals surface area contributed by atoms with E-state index in [0.29, 0.717) is 11.5 Å². The standard InChI is InChI=1S/C15H13N3S/c1-19-13-5-2-10(3-6-13)12-8-11-4-7-14(16)18-15(11)17-9-12/h2-9H,1H3,(H2,16,17,18). The Morgan fingerprint density at radius 1 is 1.00 bits per heavy atom. The first-order valence-corrected chi connectivity index (χ1v) is 7.15. The fourth-order valence-electron chi connectivity index (χ4n) is 1.97. The van der Waals surface area contributed by atoms with E-state index < -0.39 is 0 Å². The molecule has 0 spiro atoms. The van der Waals surface area contributed by atoms with Gasteiger partial charge in [0.15, 0.2) is 5.65 Å². The highest BCUT2D eigenvalue weighted by atomic mass is 32.2. The van der Waals surface area contributed by atoms with Crippen LogP contribution in [0.15, 0.2) is 53.6 Å². The van der Waals surface area contributed by atoms with Crippen molar-refractivity contribution >= 4 is 28.6 Å². The summed E-state index contributed by atoms with van der Waals surface area (Å²) in [5.41, 5.74) is 8.58. The summed E-state index contributed by atoms with van der Waals surface area (Å²) >= 11 is 1.74. The zero-order valence-electron chi connectivity index (χ0n) is 10.5. The topological polar surface area (TPSA) is 51.8 Å². The second-order valence-electron chi connectivity index (χ2n) is 4.24. The zero-order valence-corrected chi connectivity index (χ0v) is 11.3. The number of nitrogens with zero attached hydrogens (tertiary/aromatic N) is 2. The van der Waals surface area contributed by atoms with Gasteiger partial charge in [-0.05, 0) is 42.2 Å². The SMILES string of the molecule is CSc1ccc(-c2cnc3nc(N)ccc3c2)cc1. The predicted molar refractivity (Wildman–Crippen MR) is 81.2 cm³/mol. The maximum atomic E-state index is 5.65. The largest absolute Gasteiger partial charge is 0.384 e. The molecule has 0 saturated heterocycles. The number of nitrogen functional groups attached to an aromatic ring is 1. The molecule has 0 fully saturated rings. The normalized spacial score (nSPS) is 10.8. The summed E-state index contributed by atoms with van der Waals surface area (Å²) in [7, 11) is 0. The quantitative estimate of drug-likeness (QED) is 0.721. The van der Waals surface area contributed by atoms with Crippen molar-refractivity contribution in [3.63, 3.8) is 0 Å². The van der Waals surface area contributed by atoms with Crippen LogP contribution >= 0.6 is 11.8 Å². The highest BCUT2D eigenvalue weighted by molar-refractivity contribution is 7.98. The number of benzene rings is 1. The molecule has 0 radical (unpaired) electrons. The van der Waals surface area contributed by atoms with Gasteiger partial charge >= 0.3 is 0 Å². The minimum absolute atomic E-state index is 0.497. The van der Waals surface area contributed by atoms with Gasteiger partial charge in [-0.1, -0.05) is 12.1 Å². The summed E-state index contributed by atoms with van der Waals surface area (Å²) in [6.45, 7) is 0. The third-order valence-electron chi connectivity index (χ3n) is 2.99. The Hall–Kier alpha value is -2.07. The van der Waals surface area contributed by atoms with Crippen molar-refractivity contribution in [1.82, 2.24) is 9.97 Å². The van der Waals surface area contributed by atoms with Crippen LogP contribution in [0.2, 0.25) is 0 Å². The molecule has 0 aliphatic heterocycles. The van der Waals surface area contributed by atoms with Crippen molar-refractivity contribution in [3.8, 4) is 11.1 Å². The molecule has 3 rings (SSSR count). The van der Waals surface area contributed by atoms with Crippen LogP contribution in [0.25, 0.3) is 22.2 Å². The summed E-state index contributed by atoms with van der Waals surface area (Å²) in [6.07, 6.45) is 3.91. The molecule has 2 aromatic heterocycles. The highest BCUT2D eigenvalue weighted by Gasteiger charge is 2.02. The first kappa shape index (κ1) is 12.0. The molecule has 3 nitrogen and oxygen atoms in total. The number of aromatic nitrogens is 2. The molecule has 2 heterocycles. The van der Waals surface area contributed by atoms with Crippen LogP contribution in [-0.4, -0.2) is 16.2 Å². The van der Waals surface area contributed by atoms with Crippen LogP contribution in [0.5, 0.6) is 0 Å². The Labute approximate surface area is 115 Å². The molecule has 0 unspecified atom stereocenters. The van der Waals surface area contributed by atoms with E-state index in [1.165, 1.54) is 4.90 Å². The molecule has 2 N–H and O–H groups in total. The molecule has 0 amide bonds. The minimum atomic E-state index is 0.497. The van der Waals surface area contributed by atoms with Gasteiger partial charge in [0.05, 0.1) is 0 Å². The van der Waals surface area contributed by atoms with E-state index in [2.05, 4.69) is 46.6 Å². The number of anilines is 1. The molecule has 1 aromatic carbocycles. The van der Waals surface area contributed by atoms with Crippen LogP contribution in [0.1, 0.15) is 0 Å². The molecule has 0 atom stereocenters. The van der Waals surface area contributed by atoms with Gasteiger partial charge in [0.2, 0.25) is 0 Å². The van der Waals surface area contributed by atoms with E-state index >= 15 is 0 Å². The second-order valence-corrected chi connectivity index (χ2v) is 5.11. The van der Waals surface area contributed by atoms with Gasteiger partial charge in [-0.3, -0.25) is 0 Å². The van der Waals surface area contributed by atoms with Gasteiger partial charge < -0.3 is 5.73 Å². The Kier molecular flexibility index (Phi) is 3.09. The number of thioether (sulfide) groups is 1. The molecule has 4 heteroatoms. The van der Waals surface area contributed by atoms with E-state index in [9.17, 15) is 0 Å². The fourth-order valence-corrected chi connectivity index (χ4v) is 2.37. The summed E-state index contributed by atoms with van der Waals surface area (Å²) in [5.74, 6) is 0.497. The van der Waals surface area contributed by atoms with Crippen LogP contribution in [0.3, 0.4) is 0 Å². The number of hydrogen-bond donors (Lipinski definition) is 1. The molecule has 0 aliphatic rings. The average molecular weight is 267 g/mol. The first-order chi connectivity index (χ1) is 9.26. The van der Waals surface area contributed by atoms with Crippen molar-refractivity contribution < 1.29 is 0 Å². The molecule has 19 heavy (non-hydrogen) atoms. The van der Waals surface area contributed by atoms with E-state index in [4.69, 9.17) is 5.73 Å². The number of rotatable bonds is 2. The fraction of sp³-hybridized carbons (Fsp3) is 0.0667. The van der Waals surface area contributed by atoms with E-state index in [1.807, 2.05) is 12.3 Å². The lowest BCUT2D eigenvalue weighted by Gasteiger charge is -2.04. The van der Waals surface area contributed by atoms with Gasteiger partial charge in [-0.25, -0.2) is 9.97 Å². The van der Waals surface area contributed by atoms with Crippen molar-refractivity contribution in [1.29, 1.82) is 0 Å². The predicted octanol–water partition coefficient (Wildman–Crippen LogP) is 3.60. The smallest absolute Gasteiger partial charge is 0.161 e. The van der Waals surface area contributed by atoms with Gasteiger partial charge in [-0.2, -0.15) is 0 Å². The summed E-state index contributed by atoms with van der Waals surface area (Å²) in [6, 6.07) is 14.3. The van der Waals surface area contributed by atoms with Gasteiger partial charge in [0.1, 0.15) is 5.82 Å². The van der Waals surface area contributed by atoms with Crippen LogP contribution < -0.4 is 5.73 Å². The van der Waals surface area contributed by atoms with Crippen LogP contribution in [0.4, 0.5) is 5.82 Å². The second kappa shape index (κ2) is 4.90. The molecule has 0 bridgehead atoms. The van der Waals surface area contributed by atoms with E-state index in [0.717, 1.165) is 16.5 Å². The van der Waals surface area contributed by atoms with Crippen molar-refractivity contribution in [2.24, 2.45) is 0 Å². The Balaban J connectivity index is 2.06. The third-order valence-corrected chi connectivity index (χ3v) is 3.73. The maximum absolute atomic E-state index is 5.65. The molecular weight excluding hydrogens is 254 g/mol. The van der Waals surface area contributed by atoms with E-state index in [-0.39, 0.29) is 0 Å². The number of pyridine rings is 2. The number of hydrogen-bond acceptors (Lipinski definition) is 4. The van der Waals surface area contributed by atoms with Gasteiger partial charge in [-0.15, -0.1) is 11.8 Å². The molecular formula is C15H13N3S. The van der Waals surface area contributed by atoms with Gasteiger partial charge in [0.25, 0.3) is 0 Å². The van der Waals surface area contributed by atoms with Crippen molar-refractivity contribution in [2.45, 2.75) is 4.90 Å².